The smallest absolute Gasteiger partial charge is 0.276 e. The van der Waals surface area contributed by atoms with E-state index in [4.69, 9.17) is 0 Å². The number of nitrogens with zero attached hydrogens (tertiary/aromatic N) is 4. The van der Waals surface area contributed by atoms with E-state index >= 15 is 0 Å². The third kappa shape index (κ3) is 3.44. The monoisotopic (exact) mass is 350 g/mol. The van der Waals surface area contributed by atoms with Gasteiger partial charge in [-0.3, -0.25) is 19.3 Å². The van der Waals surface area contributed by atoms with Crippen LogP contribution in [0.1, 0.15) is 23.9 Å². The Kier molecular flexibility index (Phi) is 5.02. The van der Waals surface area contributed by atoms with Gasteiger partial charge in [0.05, 0.1) is 30.0 Å². The van der Waals surface area contributed by atoms with Crippen molar-refractivity contribution in [1.82, 2.24) is 19.2 Å². The highest BCUT2D eigenvalue weighted by atomic mass is 16.2. The average Bonchev–Trinajstić information content (AvgIpc) is 2.86. The first-order valence-electron chi connectivity index (χ1n) is 8.47. The minimum Gasteiger partial charge on any atom is -0.332 e. The molecule has 134 valence electrons. The van der Waals surface area contributed by atoms with Crippen molar-refractivity contribution in [2.75, 3.05) is 0 Å². The van der Waals surface area contributed by atoms with Crippen molar-refractivity contribution in [3.05, 3.63) is 82.0 Å². The Balaban J connectivity index is 1.96. The molecule has 2 aromatic heterocycles. The Bertz CT molecular complexity index is 959. The summed E-state index contributed by atoms with van der Waals surface area (Å²) in [4.78, 5) is 31.0. The fourth-order valence-electron chi connectivity index (χ4n) is 2.96. The zero-order chi connectivity index (χ0) is 18.7. The number of para-hydroxylation sites is 1. The first-order valence-corrected chi connectivity index (χ1v) is 8.47. The molecule has 0 radical (unpaired) electrons. The molecular formula is C20H22N4O2. The fraction of sp³-hybridized carbons (Fsp3) is 0.250. The van der Waals surface area contributed by atoms with Gasteiger partial charge >= 0.3 is 0 Å². The first-order chi connectivity index (χ1) is 12.5. The van der Waals surface area contributed by atoms with Crippen LogP contribution in [0.15, 0.2) is 59.5 Å². The molecule has 6 heteroatoms. The third-order valence-electron chi connectivity index (χ3n) is 4.55. The molecule has 26 heavy (non-hydrogen) atoms. The van der Waals surface area contributed by atoms with Crippen LogP contribution in [0.2, 0.25) is 0 Å². The molecule has 0 saturated heterocycles. The van der Waals surface area contributed by atoms with Gasteiger partial charge in [-0.1, -0.05) is 24.3 Å². The van der Waals surface area contributed by atoms with Crippen LogP contribution in [-0.4, -0.2) is 25.2 Å². The second-order valence-corrected chi connectivity index (χ2v) is 6.24. The van der Waals surface area contributed by atoms with E-state index in [0.29, 0.717) is 12.1 Å². The predicted octanol–water partition coefficient (Wildman–Crippen LogP) is 2.43. The highest BCUT2D eigenvalue weighted by Crippen LogP contribution is 2.13. The Morgan fingerprint density at radius 3 is 2.38 bits per heavy atom. The van der Waals surface area contributed by atoms with Gasteiger partial charge in [-0.2, -0.15) is 0 Å². The van der Waals surface area contributed by atoms with E-state index in [1.165, 1.54) is 6.92 Å². The van der Waals surface area contributed by atoms with Gasteiger partial charge in [-0.15, -0.1) is 0 Å². The molecule has 3 aromatic rings. The number of carbonyl (C=O) groups is 1. The molecule has 0 unspecified atom stereocenters. The van der Waals surface area contributed by atoms with Gasteiger partial charge in [0.2, 0.25) is 5.91 Å². The summed E-state index contributed by atoms with van der Waals surface area (Å²) in [5.41, 5.74) is 2.94. The standard InChI is InChI=1S/C20H22N4O2/c1-15-19(14-23(16(2)25)13-17-9-7-8-12-21-17)20(26)24(22(15)3)18-10-5-4-6-11-18/h4-12H,13-14H2,1-3H3. The van der Waals surface area contributed by atoms with Crippen molar-refractivity contribution in [2.45, 2.75) is 26.9 Å². The Labute approximate surface area is 152 Å². The van der Waals surface area contributed by atoms with Gasteiger partial charge in [0.1, 0.15) is 0 Å². The van der Waals surface area contributed by atoms with Gasteiger partial charge in [-0.25, -0.2) is 4.68 Å². The molecule has 0 aliphatic carbocycles. The normalized spacial score (nSPS) is 10.7. The molecule has 0 spiro atoms. The quantitative estimate of drug-likeness (QED) is 0.710. The van der Waals surface area contributed by atoms with E-state index in [2.05, 4.69) is 4.98 Å². The summed E-state index contributed by atoms with van der Waals surface area (Å²) in [5.74, 6) is -0.0930. The summed E-state index contributed by atoms with van der Waals surface area (Å²) in [7, 11) is 1.85. The SMILES string of the molecule is CC(=O)N(Cc1ccccn1)Cc1c(C)n(C)n(-c2ccccc2)c1=O. The second kappa shape index (κ2) is 7.39. The van der Waals surface area contributed by atoms with Crippen LogP contribution < -0.4 is 5.56 Å². The van der Waals surface area contributed by atoms with Crippen LogP contribution in [0.25, 0.3) is 5.69 Å². The maximum Gasteiger partial charge on any atom is 0.276 e. The lowest BCUT2D eigenvalue weighted by atomic mass is 10.2. The first kappa shape index (κ1) is 17.7. The number of hydrogen-bond acceptors (Lipinski definition) is 3. The highest BCUT2D eigenvalue weighted by molar-refractivity contribution is 5.73. The number of benzene rings is 1. The van der Waals surface area contributed by atoms with E-state index in [1.54, 1.807) is 15.8 Å². The molecule has 1 aromatic carbocycles. The van der Waals surface area contributed by atoms with E-state index in [1.807, 2.05) is 67.2 Å². The number of carbonyl (C=O) groups excluding carboxylic acids is 1. The fourth-order valence-corrected chi connectivity index (χ4v) is 2.96. The van der Waals surface area contributed by atoms with Crippen LogP contribution in [0, 0.1) is 6.92 Å². The van der Waals surface area contributed by atoms with Crippen molar-refractivity contribution >= 4 is 5.91 Å². The largest absolute Gasteiger partial charge is 0.332 e. The molecule has 0 bridgehead atoms. The lowest BCUT2D eigenvalue weighted by Crippen LogP contribution is -2.31. The lowest BCUT2D eigenvalue weighted by Gasteiger charge is -2.20. The van der Waals surface area contributed by atoms with Gasteiger partial charge < -0.3 is 4.90 Å². The number of pyridine rings is 1. The third-order valence-corrected chi connectivity index (χ3v) is 4.55. The molecule has 0 atom stereocenters. The minimum atomic E-state index is -0.108. The maximum atomic E-state index is 13.0. The van der Waals surface area contributed by atoms with E-state index in [0.717, 1.165) is 17.1 Å². The van der Waals surface area contributed by atoms with Crippen LogP contribution in [-0.2, 0) is 24.9 Å². The van der Waals surface area contributed by atoms with Crippen LogP contribution in [0.5, 0.6) is 0 Å². The van der Waals surface area contributed by atoms with Gasteiger partial charge in [0.15, 0.2) is 0 Å². The molecule has 0 fully saturated rings. The molecule has 2 heterocycles. The second-order valence-electron chi connectivity index (χ2n) is 6.24. The maximum absolute atomic E-state index is 13.0. The van der Waals surface area contributed by atoms with Crippen molar-refractivity contribution in [3.63, 3.8) is 0 Å². The summed E-state index contributed by atoms with van der Waals surface area (Å²) >= 11 is 0. The zero-order valence-electron chi connectivity index (χ0n) is 15.2. The van der Waals surface area contributed by atoms with Crippen molar-refractivity contribution < 1.29 is 4.79 Å². The summed E-state index contributed by atoms with van der Waals surface area (Å²) in [6.45, 7) is 4.03. The number of hydrogen-bond donors (Lipinski definition) is 0. The average molecular weight is 350 g/mol. The molecule has 0 N–H and O–H groups in total. The summed E-state index contributed by atoms with van der Waals surface area (Å²) in [6, 6.07) is 15.1. The van der Waals surface area contributed by atoms with Crippen molar-refractivity contribution in [2.24, 2.45) is 7.05 Å². The molecule has 3 rings (SSSR count). The van der Waals surface area contributed by atoms with Crippen molar-refractivity contribution in [1.29, 1.82) is 0 Å². The molecule has 1 amide bonds. The van der Waals surface area contributed by atoms with Crippen LogP contribution in [0.4, 0.5) is 0 Å². The summed E-state index contributed by atoms with van der Waals surface area (Å²) in [5, 5.41) is 0. The minimum absolute atomic E-state index is 0.0930. The van der Waals surface area contributed by atoms with E-state index < -0.39 is 0 Å². The number of amides is 1. The zero-order valence-corrected chi connectivity index (χ0v) is 15.2. The Morgan fingerprint density at radius 2 is 1.77 bits per heavy atom. The molecule has 6 nitrogen and oxygen atoms in total. The molecular weight excluding hydrogens is 328 g/mol. The van der Waals surface area contributed by atoms with Crippen molar-refractivity contribution in [3.8, 4) is 5.69 Å². The highest BCUT2D eigenvalue weighted by Gasteiger charge is 2.20. The van der Waals surface area contributed by atoms with Gasteiger partial charge in [0, 0.05) is 25.9 Å². The lowest BCUT2D eigenvalue weighted by molar-refractivity contribution is -0.130. The summed E-state index contributed by atoms with van der Waals surface area (Å²) < 4.78 is 3.45. The molecule has 0 aliphatic heterocycles. The Hall–Kier alpha value is -3.15. The van der Waals surface area contributed by atoms with Gasteiger partial charge in [0.25, 0.3) is 5.56 Å². The van der Waals surface area contributed by atoms with Crippen LogP contribution in [0.3, 0.4) is 0 Å². The van der Waals surface area contributed by atoms with E-state index in [-0.39, 0.29) is 18.0 Å². The molecule has 0 saturated carbocycles. The van der Waals surface area contributed by atoms with E-state index in [9.17, 15) is 9.59 Å². The predicted molar refractivity (Wildman–Crippen MR) is 99.9 cm³/mol. The molecule has 0 aliphatic rings. The summed E-state index contributed by atoms with van der Waals surface area (Å²) in [6.07, 6.45) is 1.70. The topological polar surface area (TPSA) is 60.1 Å². The number of aromatic nitrogens is 3. The number of rotatable bonds is 5. The van der Waals surface area contributed by atoms with Gasteiger partial charge in [-0.05, 0) is 31.2 Å². The Morgan fingerprint density at radius 1 is 1.08 bits per heavy atom. The van der Waals surface area contributed by atoms with Crippen LogP contribution >= 0.6 is 0 Å².